The van der Waals surface area contributed by atoms with Crippen LogP contribution < -0.4 is 16.0 Å². The molecule has 1 aromatic carbocycles. The van der Waals surface area contributed by atoms with E-state index >= 15 is 0 Å². The van der Waals surface area contributed by atoms with Crippen LogP contribution in [0.15, 0.2) is 35.3 Å². The number of aliphatic imine (C=N–C) groups is 1. The summed E-state index contributed by atoms with van der Waals surface area (Å²) in [7, 11) is 1.66. The van der Waals surface area contributed by atoms with E-state index < -0.39 is 0 Å². The number of carbonyl (C=O) groups is 1. The molecule has 0 aliphatic carbocycles. The van der Waals surface area contributed by atoms with Gasteiger partial charge in [0.15, 0.2) is 5.96 Å². The Balaban J connectivity index is 0.00000625. The average Bonchev–Trinajstić information content (AvgIpc) is 2.64. The van der Waals surface area contributed by atoms with E-state index in [-0.39, 0.29) is 29.9 Å². The van der Waals surface area contributed by atoms with Crippen LogP contribution in [-0.2, 0) is 9.47 Å². The van der Waals surface area contributed by atoms with Gasteiger partial charge in [0.1, 0.15) is 0 Å². The topological polar surface area (TPSA) is 84.0 Å². The molecule has 0 aliphatic rings. The van der Waals surface area contributed by atoms with E-state index in [1.165, 1.54) is 0 Å². The molecule has 0 atom stereocenters. The number of nitrogens with one attached hydrogen (secondary N) is 3. The number of rotatable bonds is 12. The van der Waals surface area contributed by atoms with Crippen LogP contribution in [0.4, 0.5) is 0 Å². The van der Waals surface area contributed by atoms with Crippen LogP contribution in [0.5, 0.6) is 0 Å². The van der Waals surface area contributed by atoms with Crippen LogP contribution in [0.1, 0.15) is 23.7 Å². The third-order valence-corrected chi connectivity index (χ3v) is 3.23. The van der Waals surface area contributed by atoms with Crippen LogP contribution in [0.3, 0.4) is 0 Å². The van der Waals surface area contributed by atoms with Crippen molar-refractivity contribution in [2.75, 3.05) is 53.1 Å². The Morgan fingerprint density at radius 2 is 1.77 bits per heavy atom. The Morgan fingerprint density at radius 3 is 2.46 bits per heavy atom. The number of guanidine groups is 1. The molecular weight excluding hydrogens is 447 g/mol. The molecule has 0 heterocycles. The number of hydrogen-bond donors (Lipinski definition) is 3. The number of hydrogen-bond acceptors (Lipinski definition) is 4. The lowest BCUT2D eigenvalue weighted by Crippen LogP contribution is -2.41. The van der Waals surface area contributed by atoms with E-state index in [0.29, 0.717) is 45.0 Å². The van der Waals surface area contributed by atoms with E-state index in [2.05, 4.69) is 20.9 Å². The molecule has 1 amide bonds. The van der Waals surface area contributed by atoms with Crippen LogP contribution in [0.25, 0.3) is 0 Å². The highest BCUT2D eigenvalue weighted by Gasteiger charge is 2.03. The monoisotopic (exact) mass is 478 g/mol. The fraction of sp³-hybridized carbons (Fsp3) is 0.556. The standard InChI is InChI=1S/C18H30N4O3.HI/c1-3-19-18(21-10-7-13-25-15-14-24-2)22-12-11-20-17(23)16-8-5-4-6-9-16;/h4-6,8-9H,3,7,10-15H2,1-2H3,(H,20,23)(H2,19,21,22);1H. The fourth-order valence-electron chi connectivity index (χ4n) is 1.99. The molecule has 0 saturated heterocycles. The van der Waals surface area contributed by atoms with Gasteiger partial charge in [0.2, 0.25) is 0 Å². The van der Waals surface area contributed by atoms with E-state index in [1.54, 1.807) is 19.2 Å². The molecule has 0 bridgehead atoms. The molecule has 26 heavy (non-hydrogen) atoms. The van der Waals surface area contributed by atoms with Gasteiger partial charge in [0.25, 0.3) is 5.91 Å². The Bertz CT molecular complexity index is 500. The van der Waals surface area contributed by atoms with Crippen molar-refractivity contribution < 1.29 is 14.3 Å². The molecule has 0 unspecified atom stereocenters. The summed E-state index contributed by atoms with van der Waals surface area (Å²) in [5.41, 5.74) is 0.663. The van der Waals surface area contributed by atoms with Gasteiger partial charge in [-0.1, -0.05) is 18.2 Å². The Morgan fingerprint density at radius 1 is 1.04 bits per heavy atom. The van der Waals surface area contributed by atoms with Gasteiger partial charge in [-0.25, -0.2) is 0 Å². The third kappa shape index (κ3) is 12.0. The van der Waals surface area contributed by atoms with E-state index in [0.717, 1.165) is 18.9 Å². The van der Waals surface area contributed by atoms with Gasteiger partial charge < -0.3 is 25.4 Å². The molecule has 8 heteroatoms. The summed E-state index contributed by atoms with van der Waals surface area (Å²) in [5, 5.41) is 9.26. The van der Waals surface area contributed by atoms with Crippen molar-refractivity contribution in [3.05, 3.63) is 35.9 Å². The minimum atomic E-state index is -0.0717. The van der Waals surface area contributed by atoms with Gasteiger partial charge in [0, 0.05) is 45.5 Å². The number of benzene rings is 1. The molecule has 1 aromatic rings. The van der Waals surface area contributed by atoms with Crippen molar-refractivity contribution in [2.45, 2.75) is 13.3 Å². The summed E-state index contributed by atoms with van der Waals surface area (Å²) in [6, 6.07) is 9.18. The number of nitrogens with zero attached hydrogens (tertiary/aromatic N) is 1. The predicted octanol–water partition coefficient (Wildman–Crippen LogP) is 1.64. The zero-order chi connectivity index (χ0) is 18.2. The molecule has 0 fully saturated rings. The number of carbonyl (C=O) groups excluding carboxylic acids is 1. The summed E-state index contributed by atoms with van der Waals surface area (Å²) in [4.78, 5) is 16.4. The third-order valence-electron chi connectivity index (χ3n) is 3.23. The molecule has 0 radical (unpaired) electrons. The molecule has 3 N–H and O–H groups in total. The molecule has 0 aromatic heterocycles. The number of methoxy groups -OCH3 is 1. The number of amides is 1. The largest absolute Gasteiger partial charge is 0.382 e. The number of ether oxygens (including phenoxy) is 2. The average molecular weight is 478 g/mol. The Kier molecular flexibility index (Phi) is 16.1. The smallest absolute Gasteiger partial charge is 0.251 e. The van der Waals surface area contributed by atoms with Crippen molar-refractivity contribution in [1.29, 1.82) is 0 Å². The van der Waals surface area contributed by atoms with E-state index in [1.807, 2.05) is 25.1 Å². The maximum Gasteiger partial charge on any atom is 0.251 e. The first-order valence-electron chi connectivity index (χ1n) is 8.70. The van der Waals surface area contributed by atoms with E-state index in [4.69, 9.17) is 9.47 Å². The summed E-state index contributed by atoms with van der Waals surface area (Å²) < 4.78 is 10.3. The lowest BCUT2D eigenvalue weighted by atomic mass is 10.2. The Hall–Kier alpha value is -1.39. The van der Waals surface area contributed by atoms with Gasteiger partial charge in [0.05, 0.1) is 13.2 Å². The summed E-state index contributed by atoms with van der Waals surface area (Å²) in [5.74, 6) is 0.672. The lowest BCUT2D eigenvalue weighted by Gasteiger charge is -2.12. The maximum atomic E-state index is 11.9. The quantitative estimate of drug-likeness (QED) is 0.184. The summed E-state index contributed by atoms with van der Waals surface area (Å²) >= 11 is 0. The highest BCUT2D eigenvalue weighted by molar-refractivity contribution is 14.0. The van der Waals surface area contributed by atoms with Crippen molar-refractivity contribution in [3.63, 3.8) is 0 Å². The highest BCUT2D eigenvalue weighted by atomic mass is 127. The van der Waals surface area contributed by atoms with Gasteiger partial charge in [-0.15, -0.1) is 24.0 Å². The van der Waals surface area contributed by atoms with E-state index in [9.17, 15) is 4.79 Å². The van der Waals surface area contributed by atoms with Crippen LogP contribution in [-0.4, -0.2) is 65.0 Å². The molecule has 0 saturated carbocycles. The van der Waals surface area contributed by atoms with Crippen LogP contribution >= 0.6 is 24.0 Å². The highest BCUT2D eigenvalue weighted by Crippen LogP contribution is 1.97. The second-order valence-electron chi connectivity index (χ2n) is 5.27. The molecule has 1 rings (SSSR count). The first kappa shape index (κ1) is 24.6. The SMILES string of the molecule is CCNC(=NCCCOCCOC)NCCNC(=O)c1ccccc1.I. The molecular formula is C18H31IN4O3. The fourth-order valence-corrected chi connectivity index (χ4v) is 1.99. The minimum Gasteiger partial charge on any atom is -0.382 e. The second kappa shape index (κ2) is 17.0. The molecule has 7 nitrogen and oxygen atoms in total. The van der Waals surface area contributed by atoms with Gasteiger partial charge in [-0.2, -0.15) is 0 Å². The molecule has 0 spiro atoms. The minimum absolute atomic E-state index is 0. The normalized spacial score (nSPS) is 10.8. The molecule has 148 valence electrons. The van der Waals surface area contributed by atoms with Gasteiger partial charge in [-0.3, -0.25) is 9.79 Å². The number of halogens is 1. The summed E-state index contributed by atoms with van der Waals surface area (Å²) in [6.07, 6.45) is 0.852. The summed E-state index contributed by atoms with van der Waals surface area (Å²) in [6.45, 7) is 6.50. The molecule has 0 aliphatic heterocycles. The van der Waals surface area contributed by atoms with Crippen LogP contribution in [0, 0.1) is 0 Å². The van der Waals surface area contributed by atoms with Crippen molar-refractivity contribution in [1.82, 2.24) is 16.0 Å². The van der Waals surface area contributed by atoms with Crippen LogP contribution in [0.2, 0.25) is 0 Å². The first-order valence-corrected chi connectivity index (χ1v) is 8.70. The van der Waals surface area contributed by atoms with Crippen molar-refractivity contribution >= 4 is 35.8 Å². The zero-order valence-corrected chi connectivity index (χ0v) is 18.0. The predicted molar refractivity (Wildman–Crippen MR) is 115 cm³/mol. The first-order chi connectivity index (χ1) is 12.3. The van der Waals surface area contributed by atoms with Crippen molar-refractivity contribution in [2.24, 2.45) is 4.99 Å². The lowest BCUT2D eigenvalue weighted by molar-refractivity contribution is 0.0702. The van der Waals surface area contributed by atoms with Gasteiger partial charge in [-0.05, 0) is 25.5 Å². The maximum absolute atomic E-state index is 11.9. The Labute approximate surface area is 173 Å². The van der Waals surface area contributed by atoms with Gasteiger partial charge >= 0.3 is 0 Å². The zero-order valence-electron chi connectivity index (χ0n) is 15.6. The second-order valence-corrected chi connectivity index (χ2v) is 5.27. The van der Waals surface area contributed by atoms with Crippen molar-refractivity contribution in [3.8, 4) is 0 Å².